The SMILES string of the molecule is O=C(O)C(Cc1c[nH]c2ccccc12)NC(=O)C1CC1C1CCCCC1. The second-order valence-corrected chi connectivity index (χ2v) is 7.87. The van der Waals surface area contributed by atoms with Crippen LogP contribution in [-0.4, -0.2) is 28.0 Å². The number of hydrogen-bond acceptors (Lipinski definition) is 2. The number of carboxylic acids is 1. The van der Waals surface area contributed by atoms with Crippen molar-refractivity contribution in [2.24, 2.45) is 17.8 Å². The molecule has 3 atom stereocenters. The summed E-state index contributed by atoms with van der Waals surface area (Å²) in [6, 6.07) is 6.94. The number of fused-ring (bicyclic) bond motifs is 1. The molecule has 0 radical (unpaired) electrons. The van der Waals surface area contributed by atoms with Crippen LogP contribution in [0.15, 0.2) is 30.5 Å². The summed E-state index contributed by atoms with van der Waals surface area (Å²) in [6.07, 6.45) is 9.38. The number of carbonyl (C=O) groups excluding carboxylic acids is 1. The van der Waals surface area contributed by atoms with Gasteiger partial charge in [0.2, 0.25) is 5.91 Å². The van der Waals surface area contributed by atoms with Crippen LogP contribution in [0.1, 0.15) is 44.1 Å². The number of aromatic nitrogens is 1. The molecule has 5 heteroatoms. The molecule has 0 bridgehead atoms. The molecule has 0 saturated heterocycles. The Kier molecular flexibility index (Phi) is 4.70. The molecule has 2 saturated carbocycles. The second kappa shape index (κ2) is 7.14. The van der Waals surface area contributed by atoms with Crippen LogP contribution in [0, 0.1) is 17.8 Å². The highest BCUT2D eigenvalue weighted by Crippen LogP contribution is 2.49. The lowest BCUT2D eigenvalue weighted by molar-refractivity contribution is -0.142. The van der Waals surface area contributed by atoms with E-state index in [2.05, 4.69) is 10.3 Å². The van der Waals surface area contributed by atoms with Crippen LogP contribution in [-0.2, 0) is 16.0 Å². The summed E-state index contributed by atoms with van der Waals surface area (Å²) in [7, 11) is 0. The summed E-state index contributed by atoms with van der Waals surface area (Å²) in [6.45, 7) is 0. The van der Waals surface area contributed by atoms with E-state index in [4.69, 9.17) is 0 Å². The third-order valence-electron chi connectivity index (χ3n) is 6.15. The smallest absolute Gasteiger partial charge is 0.326 e. The van der Waals surface area contributed by atoms with Crippen molar-refractivity contribution in [1.29, 1.82) is 0 Å². The highest BCUT2D eigenvalue weighted by molar-refractivity contribution is 5.88. The maximum atomic E-state index is 12.6. The summed E-state index contributed by atoms with van der Waals surface area (Å²) in [5.74, 6) is 0.100. The average molecular weight is 354 g/mol. The fraction of sp³-hybridized carbons (Fsp3) is 0.524. The van der Waals surface area contributed by atoms with Crippen LogP contribution in [0.2, 0.25) is 0 Å². The molecule has 138 valence electrons. The minimum absolute atomic E-state index is 0.0166. The molecular formula is C21H26N2O3. The molecule has 0 spiro atoms. The maximum Gasteiger partial charge on any atom is 0.326 e. The zero-order chi connectivity index (χ0) is 18.1. The van der Waals surface area contributed by atoms with Gasteiger partial charge in [-0.2, -0.15) is 0 Å². The van der Waals surface area contributed by atoms with Crippen molar-refractivity contribution in [2.75, 3.05) is 0 Å². The normalized spacial score (nSPS) is 24.3. The number of carboxylic acid groups (broad SMARTS) is 1. The molecule has 2 fully saturated rings. The molecule has 1 heterocycles. The molecule has 5 nitrogen and oxygen atoms in total. The first-order valence-corrected chi connectivity index (χ1v) is 9.71. The number of nitrogens with one attached hydrogen (secondary N) is 2. The topological polar surface area (TPSA) is 82.2 Å². The van der Waals surface area contributed by atoms with Gasteiger partial charge in [-0.1, -0.05) is 50.3 Å². The first kappa shape index (κ1) is 17.1. The lowest BCUT2D eigenvalue weighted by atomic mass is 9.85. The molecule has 4 rings (SSSR count). The molecule has 26 heavy (non-hydrogen) atoms. The van der Waals surface area contributed by atoms with Gasteiger partial charge in [-0.15, -0.1) is 0 Å². The Hall–Kier alpha value is -2.30. The predicted molar refractivity (Wildman–Crippen MR) is 99.7 cm³/mol. The number of amides is 1. The van der Waals surface area contributed by atoms with Gasteiger partial charge in [0.05, 0.1) is 0 Å². The van der Waals surface area contributed by atoms with E-state index < -0.39 is 12.0 Å². The molecule has 1 aromatic heterocycles. The van der Waals surface area contributed by atoms with Gasteiger partial charge in [-0.05, 0) is 29.9 Å². The number of rotatable bonds is 6. The Morgan fingerprint density at radius 3 is 2.73 bits per heavy atom. The summed E-state index contributed by atoms with van der Waals surface area (Å²) in [5.41, 5.74) is 1.91. The molecule has 1 amide bonds. The van der Waals surface area contributed by atoms with E-state index in [1.807, 2.05) is 30.5 Å². The molecule has 0 aliphatic heterocycles. The second-order valence-electron chi connectivity index (χ2n) is 7.87. The van der Waals surface area contributed by atoms with Gasteiger partial charge in [-0.3, -0.25) is 4.79 Å². The highest BCUT2D eigenvalue weighted by Gasteiger charge is 2.48. The summed E-state index contributed by atoms with van der Waals surface area (Å²) < 4.78 is 0. The standard InChI is InChI=1S/C21H26N2O3/c24-20(17-11-16(17)13-6-2-1-3-7-13)23-19(21(25)26)10-14-12-22-18-9-5-4-8-15(14)18/h4-5,8-9,12-13,16-17,19,22H,1-3,6-7,10-11H2,(H,23,24)(H,25,26). The monoisotopic (exact) mass is 354 g/mol. The van der Waals surface area contributed by atoms with Gasteiger partial charge in [-0.25, -0.2) is 4.79 Å². The van der Waals surface area contributed by atoms with E-state index in [1.54, 1.807) is 0 Å². The van der Waals surface area contributed by atoms with Crippen LogP contribution in [0.4, 0.5) is 0 Å². The zero-order valence-corrected chi connectivity index (χ0v) is 14.9. The molecule has 2 aliphatic rings. The van der Waals surface area contributed by atoms with Gasteiger partial charge in [0, 0.05) is 29.4 Å². The highest BCUT2D eigenvalue weighted by atomic mass is 16.4. The van der Waals surface area contributed by atoms with Crippen LogP contribution in [0.25, 0.3) is 10.9 Å². The van der Waals surface area contributed by atoms with E-state index in [-0.39, 0.29) is 11.8 Å². The van der Waals surface area contributed by atoms with E-state index in [1.165, 1.54) is 32.1 Å². The molecular weight excluding hydrogens is 328 g/mol. The zero-order valence-electron chi connectivity index (χ0n) is 14.9. The average Bonchev–Trinajstić information content (AvgIpc) is 3.37. The number of hydrogen-bond donors (Lipinski definition) is 3. The summed E-state index contributed by atoms with van der Waals surface area (Å²) in [5, 5.41) is 13.4. The van der Waals surface area contributed by atoms with Crippen molar-refractivity contribution in [2.45, 2.75) is 51.0 Å². The minimum atomic E-state index is -0.974. The van der Waals surface area contributed by atoms with Gasteiger partial charge in [0.1, 0.15) is 6.04 Å². The van der Waals surface area contributed by atoms with E-state index in [0.717, 1.165) is 22.9 Å². The number of benzene rings is 1. The quantitative estimate of drug-likeness (QED) is 0.742. The number of H-pyrrole nitrogens is 1. The lowest BCUT2D eigenvalue weighted by Gasteiger charge is -2.21. The van der Waals surface area contributed by atoms with Crippen molar-refractivity contribution in [1.82, 2.24) is 10.3 Å². The fourth-order valence-electron chi connectivity index (χ4n) is 4.60. The van der Waals surface area contributed by atoms with E-state index >= 15 is 0 Å². The van der Waals surface area contributed by atoms with Gasteiger partial charge in [0.25, 0.3) is 0 Å². The molecule has 1 aromatic carbocycles. The first-order chi connectivity index (χ1) is 12.6. The third kappa shape index (κ3) is 3.48. The number of para-hydroxylation sites is 1. The molecule has 2 aliphatic carbocycles. The van der Waals surface area contributed by atoms with Crippen LogP contribution in [0.5, 0.6) is 0 Å². The van der Waals surface area contributed by atoms with Crippen molar-refractivity contribution >= 4 is 22.8 Å². The van der Waals surface area contributed by atoms with Gasteiger partial charge in [0.15, 0.2) is 0 Å². The Morgan fingerprint density at radius 2 is 1.96 bits per heavy atom. The Balaban J connectivity index is 1.39. The first-order valence-electron chi connectivity index (χ1n) is 9.71. The number of aromatic amines is 1. The molecule has 3 N–H and O–H groups in total. The van der Waals surface area contributed by atoms with E-state index in [0.29, 0.717) is 18.3 Å². The Bertz CT molecular complexity index is 806. The lowest BCUT2D eigenvalue weighted by Crippen LogP contribution is -2.43. The van der Waals surface area contributed by atoms with Crippen LogP contribution < -0.4 is 5.32 Å². The number of carbonyl (C=O) groups is 2. The van der Waals surface area contributed by atoms with Crippen molar-refractivity contribution in [3.05, 3.63) is 36.0 Å². The largest absolute Gasteiger partial charge is 0.480 e. The molecule has 2 aromatic rings. The van der Waals surface area contributed by atoms with Gasteiger partial charge < -0.3 is 15.4 Å². The van der Waals surface area contributed by atoms with Crippen LogP contribution in [0.3, 0.4) is 0 Å². The van der Waals surface area contributed by atoms with Crippen molar-refractivity contribution in [3.8, 4) is 0 Å². The minimum Gasteiger partial charge on any atom is -0.480 e. The summed E-state index contributed by atoms with van der Waals surface area (Å²) in [4.78, 5) is 27.4. The van der Waals surface area contributed by atoms with Crippen molar-refractivity contribution < 1.29 is 14.7 Å². The Morgan fingerprint density at radius 1 is 1.19 bits per heavy atom. The molecule has 3 unspecified atom stereocenters. The van der Waals surface area contributed by atoms with Gasteiger partial charge >= 0.3 is 5.97 Å². The fourth-order valence-corrected chi connectivity index (χ4v) is 4.60. The van der Waals surface area contributed by atoms with Crippen molar-refractivity contribution in [3.63, 3.8) is 0 Å². The number of aliphatic carboxylic acids is 1. The van der Waals surface area contributed by atoms with Crippen LogP contribution >= 0.6 is 0 Å². The van der Waals surface area contributed by atoms with E-state index in [9.17, 15) is 14.7 Å². The predicted octanol–water partition coefficient (Wildman–Crippen LogP) is 3.50. The summed E-state index contributed by atoms with van der Waals surface area (Å²) >= 11 is 0. The Labute approximate surface area is 153 Å². The third-order valence-corrected chi connectivity index (χ3v) is 6.15. The maximum absolute atomic E-state index is 12.6.